The first-order valence-electron chi connectivity index (χ1n) is 4.81. The van der Waals surface area contributed by atoms with Gasteiger partial charge >= 0.3 is 0 Å². The van der Waals surface area contributed by atoms with Crippen molar-refractivity contribution in [3.8, 4) is 10.6 Å². The van der Waals surface area contributed by atoms with Crippen LogP contribution >= 0.6 is 11.3 Å². The van der Waals surface area contributed by atoms with Gasteiger partial charge < -0.3 is 11.5 Å². The van der Waals surface area contributed by atoms with Crippen LogP contribution in [0.1, 0.15) is 4.88 Å². The number of rotatable bonds is 3. The number of nitrogens with zero attached hydrogens (tertiary/aromatic N) is 2. The predicted molar refractivity (Wildman–Crippen MR) is 67.1 cm³/mol. The lowest BCUT2D eigenvalue weighted by molar-refractivity contribution is 1.08. The lowest BCUT2D eigenvalue weighted by Gasteiger charge is -1.93. The zero-order valence-electron chi connectivity index (χ0n) is 8.63. The molecule has 0 amide bonds. The summed E-state index contributed by atoms with van der Waals surface area (Å²) in [6.45, 7) is 0.493. The van der Waals surface area contributed by atoms with E-state index in [0.29, 0.717) is 6.54 Å². The zero-order valence-corrected chi connectivity index (χ0v) is 9.45. The maximum Gasteiger partial charge on any atom is 0.186 e. The fourth-order valence-corrected chi connectivity index (χ4v) is 2.11. The van der Waals surface area contributed by atoms with Crippen molar-refractivity contribution in [2.24, 2.45) is 16.5 Å². The SMILES string of the molecule is NC(N)=NCc1cnc(-c2ccccc2)s1. The number of aliphatic imine (C=N–C) groups is 1. The minimum Gasteiger partial charge on any atom is -0.370 e. The molecular formula is C11H12N4S. The van der Waals surface area contributed by atoms with Gasteiger partial charge in [0, 0.05) is 16.6 Å². The van der Waals surface area contributed by atoms with E-state index in [1.54, 1.807) is 17.5 Å². The van der Waals surface area contributed by atoms with Crippen molar-refractivity contribution in [2.45, 2.75) is 6.54 Å². The van der Waals surface area contributed by atoms with Crippen LogP contribution in [0, 0.1) is 0 Å². The van der Waals surface area contributed by atoms with Crippen LogP contribution in [0.3, 0.4) is 0 Å². The van der Waals surface area contributed by atoms with Crippen molar-refractivity contribution in [3.63, 3.8) is 0 Å². The topological polar surface area (TPSA) is 77.3 Å². The van der Waals surface area contributed by atoms with E-state index in [9.17, 15) is 0 Å². The highest BCUT2D eigenvalue weighted by molar-refractivity contribution is 7.15. The molecular weight excluding hydrogens is 220 g/mol. The summed E-state index contributed by atoms with van der Waals surface area (Å²) in [5.41, 5.74) is 11.7. The van der Waals surface area contributed by atoms with Gasteiger partial charge in [0.25, 0.3) is 0 Å². The highest BCUT2D eigenvalue weighted by atomic mass is 32.1. The summed E-state index contributed by atoms with van der Waals surface area (Å²) < 4.78 is 0. The van der Waals surface area contributed by atoms with Gasteiger partial charge in [-0.15, -0.1) is 11.3 Å². The Labute approximate surface area is 97.7 Å². The molecule has 0 bridgehead atoms. The second kappa shape index (κ2) is 4.76. The van der Waals surface area contributed by atoms with Crippen LogP contribution in [0.2, 0.25) is 0 Å². The summed E-state index contributed by atoms with van der Waals surface area (Å²) in [6, 6.07) is 10.0. The molecule has 0 saturated heterocycles. The van der Waals surface area contributed by atoms with E-state index in [4.69, 9.17) is 11.5 Å². The van der Waals surface area contributed by atoms with Crippen molar-refractivity contribution in [2.75, 3.05) is 0 Å². The van der Waals surface area contributed by atoms with E-state index in [1.165, 1.54) is 0 Å². The van der Waals surface area contributed by atoms with E-state index in [-0.39, 0.29) is 5.96 Å². The third kappa shape index (κ3) is 2.58. The lowest BCUT2D eigenvalue weighted by Crippen LogP contribution is -2.22. The van der Waals surface area contributed by atoms with Gasteiger partial charge in [0.05, 0.1) is 6.54 Å². The van der Waals surface area contributed by atoms with Gasteiger partial charge in [0.1, 0.15) is 5.01 Å². The number of hydrogen-bond acceptors (Lipinski definition) is 3. The smallest absolute Gasteiger partial charge is 0.186 e. The molecule has 0 unspecified atom stereocenters. The summed E-state index contributed by atoms with van der Waals surface area (Å²) in [6.07, 6.45) is 1.80. The molecule has 0 saturated carbocycles. The van der Waals surface area contributed by atoms with Gasteiger partial charge in [0.2, 0.25) is 0 Å². The normalized spacial score (nSPS) is 10.0. The van der Waals surface area contributed by atoms with Crippen LogP contribution < -0.4 is 11.5 Å². The number of guanidine groups is 1. The quantitative estimate of drug-likeness (QED) is 0.623. The molecule has 1 heterocycles. The maximum atomic E-state index is 5.27. The van der Waals surface area contributed by atoms with Crippen LogP contribution in [-0.4, -0.2) is 10.9 Å². The van der Waals surface area contributed by atoms with Gasteiger partial charge in [-0.25, -0.2) is 9.98 Å². The largest absolute Gasteiger partial charge is 0.370 e. The van der Waals surface area contributed by atoms with Crippen molar-refractivity contribution in [3.05, 3.63) is 41.4 Å². The molecule has 5 heteroatoms. The Hall–Kier alpha value is -1.88. The standard InChI is InChI=1S/C11H12N4S/c12-11(13)15-7-9-6-14-10(16-9)8-4-2-1-3-5-8/h1-6H,7H2,(H4,12,13,15). The Morgan fingerprint density at radius 3 is 2.69 bits per heavy atom. The summed E-state index contributed by atoms with van der Waals surface area (Å²) >= 11 is 1.60. The van der Waals surface area contributed by atoms with Crippen LogP contribution in [0.4, 0.5) is 0 Å². The van der Waals surface area contributed by atoms with E-state index in [1.807, 2.05) is 30.3 Å². The first kappa shape index (κ1) is 10.6. The Morgan fingerprint density at radius 2 is 2.00 bits per heavy atom. The van der Waals surface area contributed by atoms with Crippen LogP contribution in [0.15, 0.2) is 41.5 Å². The van der Waals surface area contributed by atoms with Crippen LogP contribution in [-0.2, 0) is 6.54 Å². The number of nitrogens with two attached hydrogens (primary N) is 2. The van der Waals surface area contributed by atoms with Gasteiger partial charge in [-0.05, 0) is 0 Å². The Bertz CT molecular complexity index is 486. The summed E-state index contributed by atoms with van der Waals surface area (Å²) in [5, 5.41) is 0.987. The summed E-state index contributed by atoms with van der Waals surface area (Å²) in [4.78, 5) is 9.32. The average Bonchev–Trinajstić information content (AvgIpc) is 2.76. The summed E-state index contributed by atoms with van der Waals surface area (Å²) in [5.74, 6) is 0.106. The fourth-order valence-electron chi connectivity index (χ4n) is 1.26. The molecule has 0 aliphatic carbocycles. The Morgan fingerprint density at radius 1 is 1.25 bits per heavy atom. The molecule has 0 spiro atoms. The molecule has 0 fully saturated rings. The first-order chi connectivity index (χ1) is 7.75. The minimum atomic E-state index is 0.106. The zero-order chi connectivity index (χ0) is 11.4. The molecule has 2 rings (SSSR count). The second-order valence-corrected chi connectivity index (χ2v) is 4.35. The van der Waals surface area contributed by atoms with Gasteiger partial charge in [-0.1, -0.05) is 30.3 Å². The molecule has 0 aliphatic heterocycles. The third-order valence-corrected chi connectivity index (χ3v) is 3.02. The predicted octanol–water partition coefficient (Wildman–Crippen LogP) is 1.58. The Balaban J connectivity index is 2.17. The van der Waals surface area contributed by atoms with Crippen LogP contribution in [0.25, 0.3) is 10.6 Å². The van der Waals surface area contributed by atoms with Crippen molar-refractivity contribution in [1.29, 1.82) is 0 Å². The Kier molecular flexibility index (Phi) is 3.16. The number of benzene rings is 1. The molecule has 82 valence electrons. The number of thiazole rings is 1. The lowest BCUT2D eigenvalue weighted by atomic mass is 10.2. The molecule has 0 aliphatic rings. The van der Waals surface area contributed by atoms with Crippen molar-refractivity contribution < 1.29 is 0 Å². The maximum absolute atomic E-state index is 5.27. The highest BCUT2D eigenvalue weighted by Gasteiger charge is 2.03. The molecule has 0 atom stereocenters. The fraction of sp³-hybridized carbons (Fsp3) is 0.0909. The molecule has 4 nitrogen and oxygen atoms in total. The number of aromatic nitrogens is 1. The van der Waals surface area contributed by atoms with Gasteiger partial charge in [-0.3, -0.25) is 0 Å². The molecule has 4 N–H and O–H groups in total. The van der Waals surface area contributed by atoms with E-state index in [0.717, 1.165) is 15.4 Å². The molecule has 2 aromatic rings. The molecule has 1 aromatic heterocycles. The van der Waals surface area contributed by atoms with E-state index >= 15 is 0 Å². The monoisotopic (exact) mass is 232 g/mol. The highest BCUT2D eigenvalue weighted by Crippen LogP contribution is 2.24. The third-order valence-electron chi connectivity index (χ3n) is 1.99. The van der Waals surface area contributed by atoms with Gasteiger partial charge in [-0.2, -0.15) is 0 Å². The van der Waals surface area contributed by atoms with E-state index in [2.05, 4.69) is 9.98 Å². The number of hydrogen-bond donors (Lipinski definition) is 2. The average molecular weight is 232 g/mol. The summed E-state index contributed by atoms with van der Waals surface area (Å²) in [7, 11) is 0. The molecule has 16 heavy (non-hydrogen) atoms. The van der Waals surface area contributed by atoms with Crippen molar-refractivity contribution >= 4 is 17.3 Å². The van der Waals surface area contributed by atoms with Crippen molar-refractivity contribution in [1.82, 2.24) is 4.98 Å². The van der Waals surface area contributed by atoms with E-state index < -0.39 is 0 Å². The molecule has 0 radical (unpaired) electrons. The minimum absolute atomic E-state index is 0.106. The second-order valence-electron chi connectivity index (χ2n) is 3.24. The van der Waals surface area contributed by atoms with Crippen LogP contribution in [0.5, 0.6) is 0 Å². The van der Waals surface area contributed by atoms with Gasteiger partial charge in [0.15, 0.2) is 5.96 Å². The molecule has 1 aromatic carbocycles. The first-order valence-corrected chi connectivity index (χ1v) is 5.63.